The molecule has 4 N–H and O–H groups in total. The van der Waals surface area contributed by atoms with Crippen molar-refractivity contribution >= 4 is 5.69 Å². The Morgan fingerprint density at radius 3 is 2.00 bits per heavy atom. The summed E-state index contributed by atoms with van der Waals surface area (Å²) < 4.78 is 0. The lowest BCUT2D eigenvalue weighted by atomic mass is 10.2. The Bertz CT molecular complexity index is 186. The van der Waals surface area contributed by atoms with E-state index in [0.29, 0.717) is 0 Å². The van der Waals surface area contributed by atoms with Gasteiger partial charge in [0.25, 0.3) is 0 Å². The van der Waals surface area contributed by atoms with Crippen LogP contribution in [0.5, 0.6) is 0 Å². The maximum atomic E-state index is 5.52. The number of benzene rings is 1. The number of nitrogens with two attached hydrogens (primary N) is 2. The summed E-state index contributed by atoms with van der Waals surface area (Å²) in [7, 11) is 0. The summed E-state index contributed by atoms with van der Waals surface area (Å²) in [6, 6.07) is 7.80. The molecule has 2 nitrogen and oxygen atoms in total. The molecule has 2 heteroatoms. The molecule has 68 valence electrons. The van der Waals surface area contributed by atoms with E-state index in [0.717, 1.165) is 24.2 Å². The highest BCUT2D eigenvalue weighted by Crippen LogP contribution is 2.06. The van der Waals surface area contributed by atoms with Crippen LogP contribution in [-0.4, -0.2) is 6.54 Å². The molecule has 0 aromatic heterocycles. The topological polar surface area (TPSA) is 52.0 Å². The van der Waals surface area contributed by atoms with E-state index < -0.39 is 0 Å². The van der Waals surface area contributed by atoms with E-state index >= 15 is 0 Å². The van der Waals surface area contributed by atoms with E-state index in [9.17, 15) is 0 Å². The number of hydrogen-bond acceptors (Lipinski definition) is 2. The minimum Gasteiger partial charge on any atom is -0.399 e. The number of anilines is 1. The van der Waals surface area contributed by atoms with Crippen LogP contribution in [0.3, 0.4) is 0 Å². The van der Waals surface area contributed by atoms with Crippen LogP contribution in [0.1, 0.15) is 18.9 Å². The molecule has 0 spiro atoms. The molecule has 0 radical (unpaired) electrons. The lowest BCUT2D eigenvalue weighted by Gasteiger charge is -1.93. The summed E-state index contributed by atoms with van der Waals surface area (Å²) in [4.78, 5) is 0. The molecule has 1 aromatic carbocycles. The van der Waals surface area contributed by atoms with Gasteiger partial charge >= 0.3 is 0 Å². The number of para-hydroxylation sites is 1. The molecular weight excluding hydrogens is 148 g/mol. The summed E-state index contributed by atoms with van der Waals surface area (Å²) in [6.07, 6.45) is 1.10. The monoisotopic (exact) mass is 166 g/mol. The van der Waals surface area contributed by atoms with E-state index in [4.69, 9.17) is 11.5 Å². The van der Waals surface area contributed by atoms with Gasteiger partial charge in [-0.1, -0.05) is 25.1 Å². The summed E-state index contributed by atoms with van der Waals surface area (Å²) in [5.41, 5.74) is 12.6. The predicted molar refractivity (Wildman–Crippen MR) is 54.9 cm³/mol. The molecule has 0 aliphatic heterocycles. The number of rotatable bonds is 1. The second-order valence-corrected chi connectivity index (χ2v) is 2.65. The van der Waals surface area contributed by atoms with Gasteiger partial charge in [-0.3, -0.25) is 0 Å². The summed E-state index contributed by atoms with van der Waals surface area (Å²) in [5.74, 6) is 0. The van der Waals surface area contributed by atoms with Crippen LogP contribution in [0.25, 0.3) is 0 Å². The van der Waals surface area contributed by atoms with E-state index in [2.05, 4.69) is 6.92 Å². The molecule has 0 heterocycles. The van der Waals surface area contributed by atoms with Crippen molar-refractivity contribution in [2.75, 3.05) is 12.3 Å². The molecule has 0 amide bonds. The fourth-order valence-corrected chi connectivity index (χ4v) is 0.587. The van der Waals surface area contributed by atoms with E-state index in [1.54, 1.807) is 0 Å². The zero-order valence-electron chi connectivity index (χ0n) is 7.88. The van der Waals surface area contributed by atoms with Crippen molar-refractivity contribution in [1.82, 2.24) is 0 Å². The third kappa shape index (κ3) is 4.74. The minimum atomic E-state index is 0.819. The normalized spacial score (nSPS) is 8.58. The third-order valence-corrected chi connectivity index (χ3v) is 1.48. The molecular formula is C10H18N2. The maximum Gasteiger partial charge on any atom is 0.0343 e. The van der Waals surface area contributed by atoms with Crippen molar-refractivity contribution in [2.24, 2.45) is 5.73 Å². The fraction of sp³-hybridized carbons (Fsp3) is 0.400. The van der Waals surface area contributed by atoms with Crippen molar-refractivity contribution in [3.05, 3.63) is 29.8 Å². The number of aryl methyl sites for hydroxylation is 1. The molecule has 0 saturated carbocycles. The summed E-state index contributed by atoms with van der Waals surface area (Å²) >= 11 is 0. The van der Waals surface area contributed by atoms with Crippen molar-refractivity contribution < 1.29 is 0 Å². The van der Waals surface area contributed by atoms with Gasteiger partial charge in [-0.2, -0.15) is 0 Å². The lowest BCUT2D eigenvalue weighted by Crippen LogP contribution is -1.93. The van der Waals surface area contributed by atoms with Crippen LogP contribution in [0.4, 0.5) is 5.69 Å². The molecule has 0 atom stereocenters. The molecule has 0 aliphatic carbocycles. The fourth-order valence-electron chi connectivity index (χ4n) is 0.587. The Morgan fingerprint density at radius 2 is 1.75 bits per heavy atom. The Morgan fingerprint density at radius 1 is 1.25 bits per heavy atom. The first kappa shape index (κ1) is 11.0. The van der Waals surface area contributed by atoms with E-state index in [-0.39, 0.29) is 0 Å². The predicted octanol–water partition coefficient (Wildman–Crippen LogP) is 1.93. The second-order valence-electron chi connectivity index (χ2n) is 2.65. The zero-order valence-corrected chi connectivity index (χ0v) is 7.88. The van der Waals surface area contributed by atoms with Crippen molar-refractivity contribution in [1.29, 1.82) is 0 Å². The largest absolute Gasteiger partial charge is 0.399 e. The molecule has 1 rings (SSSR count). The Balaban J connectivity index is 0.000000261. The maximum absolute atomic E-state index is 5.52. The summed E-state index contributed by atoms with van der Waals surface area (Å²) in [6.45, 7) is 4.87. The van der Waals surface area contributed by atoms with Crippen molar-refractivity contribution in [2.45, 2.75) is 20.3 Å². The summed E-state index contributed by atoms with van der Waals surface area (Å²) in [5, 5.41) is 0. The van der Waals surface area contributed by atoms with Crippen LogP contribution in [0.2, 0.25) is 0 Å². The first-order chi connectivity index (χ1) is 5.72. The number of nitrogen functional groups attached to an aromatic ring is 1. The standard InChI is InChI=1S/C7H9N.C3H9N/c1-6-4-2-3-5-7(6)8;1-2-3-4/h2-5H,8H2,1H3;2-4H2,1H3. The van der Waals surface area contributed by atoms with Gasteiger partial charge in [0.15, 0.2) is 0 Å². The quantitative estimate of drug-likeness (QED) is 0.626. The van der Waals surface area contributed by atoms with Gasteiger partial charge in [0, 0.05) is 5.69 Å². The molecule has 0 aliphatic rings. The average molecular weight is 166 g/mol. The molecule has 0 unspecified atom stereocenters. The van der Waals surface area contributed by atoms with Gasteiger partial charge < -0.3 is 11.5 Å². The van der Waals surface area contributed by atoms with Gasteiger partial charge in [-0.15, -0.1) is 0 Å². The molecule has 0 bridgehead atoms. The molecule has 12 heavy (non-hydrogen) atoms. The highest BCUT2D eigenvalue weighted by atomic mass is 14.5. The van der Waals surface area contributed by atoms with Gasteiger partial charge in [0.05, 0.1) is 0 Å². The van der Waals surface area contributed by atoms with E-state index in [1.807, 2.05) is 31.2 Å². The van der Waals surface area contributed by atoms with Gasteiger partial charge in [0.2, 0.25) is 0 Å². The SMILES string of the molecule is CCCN.Cc1ccccc1N. The van der Waals surface area contributed by atoms with Gasteiger partial charge in [-0.05, 0) is 31.5 Å². The van der Waals surface area contributed by atoms with Crippen molar-refractivity contribution in [3.63, 3.8) is 0 Å². The van der Waals surface area contributed by atoms with Crippen molar-refractivity contribution in [3.8, 4) is 0 Å². The molecule has 0 saturated heterocycles. The van der Waals surface area contributed by atoms with Crippen LogP contribution in [0.15, 0.2) is 24.3 Å². The molecule has 1 aromatic rings. The van der Waals surface area contributed by atoms with Crippen LogP contribution in [-0.2, 0) is 0 Å². The van der Waals surface area contributed by atoms with E-state index in [1.165, 1.54) is 0 Å². The molecule has 0 fully saturated rings. The van der Waals surface area contributed by atoms with Crippen LogP contribution >= 0.6 is 0 Å². The second kappa shape index (κ2) is 6.68. The minimum absolute atomic E-state index is 0.819. The first-order valence-corrected chi connectivity index (χ1v) is 4.23. The van der Waals surface area contributed by atoms with Gasteiger partial charge in [-0.25, -0.2) is 0 Å². The Hall–Kier alpha value is -1.02. The zero-order chi connectivity index (χ0) is 9.40. The smallest absolute Gasteiger partial charge is 0.0343 e. The Kier molecular flexibility index (Phi) is 6.11. The third-order valence-electron chi connectivity index (χ3n) is 1.48. The highest BCUT2D eigenvalue weighted by molar-refractivity contribution is 5.44. The van der Waals surface area contributed by atoms with Gasteiger partial charge in [0.1, 0.15) is 0 Å². The Labute approximate surface area is 74.6 Å². The van der Waals surface area contributed by atoms with Crippen LogP contribution in [0, 0.1) is 6.92 Å². The highest BCUT2D eigenvalue weighted by Gasteiger charge is 1.84. The van der Waals surface area contributed by atoms with Crippen LogP contribution < -0.4 is 11.5 Å². The first-order valence-electron chi connectivity index (χ1n) is 4.23. The number of hydrogen-bond donors (Lipinski definition) is 2. The lowest BCUT2D eigenvalue weighted by molar-refractivity contribution is 0.932. The average Bonchev–Trinajstić information content (AvgIpc) is 2.11.